The summed E-state index contributed by atoms with van der Waals surface area (Å²) < 4.78 is 20.0. The first-order valence-corrected chi connectivity index (χ1v) is 8.15. The highest BCUT2D eigenvalue weighted by Crippen LogP contribution is 2.50. The molecule has 0 aromatic heterocycles. The number of methoxy groups -OCH3 is 1. The largest absolute Gasteiger partial charge is 0.497 e. The van der Waals surface area contributed by atoms with Gasteiger partial charge in [-0.25, -0.2) is 4.39 Å². The Labute approximate surface area is 141 Å². The second-order valence-corrected chi connectivity index (χ2v) is 7.10. The molecule has 3 aliphatic rings. The van der Waals surface area contributed by atoms with E-state index in [2.05, 4.69) is 31.3 Å². The maximum atomic E-state index is 14.6. The zero-order valence-electron chi connectivity index (χ0n) is 14.0. The minimum Gasteiger partial charge on any atom is -0.497 e. The zero-order chi connectivity index (χ0) is 17.1. The number of nitriles is 1. The first-order chi connectivity index (χ1) is 11.5. The van der Waals surface area contributed by atoms with Gasteiger partial charge in [0, 0.05) is 17.0 Å². The topological polar surface area (TPSA) is 45.0 Å². The lowest BCUT2D eigenvalue weighted by Gasteiger charge is -2.35. The molecule has 0 spiro atoms. The van der Waals surface area contributed by atoms with E-state index in [0.29, 0.717) is 12.1 Å². The van der Waals surface area contributed by atoms with Crippen molar-refractivity contribution in [2.75, 3.05) is 7.11 Å². The smallest absolute Gasteiger partial charge is 0.160 e. The van der Waals surface area contributed by atoms with Gasteiger partial charge in [0.2, 0.25) is 0 Å². The van der Waals surface area contributed by atoms with Crippen LogP contribution in [0.4, 0.5) is 4.39 Å². The molecule has 1 aliphatic heterocycles. The van der Waals surface area contributed by atoms with E-state index in [9.17, 15) is 4.39 Å². The van der Waals surface area contributed by atoms with E-state index >= 15 is 0 Å². The van der Waals surface area contributed by atoms with Gasteiger partial charge < -0.3 is 10.1 Å². The number of fused-ring (bicyclic) bond motifs is 3. The van der Waals surface area contributed by atoms with Crippen LogP contribution in [0, 0.1) is 17.2 Å². The molecular weight excluding hydrogens is 303 g/mol. The number of allylic oxidation sites excluding steroid dienone is 5. The van der Waals surface area contributed by atoms with Crippen LogP contribution in [0.1, 0.15) is 31.4 Å². The molecule has 1 atom stereocenters. The van der Waals surface area contributed by atoms with Gasteiger partial charge in [-0.2, -0.15) is 5.26 Å². The van der Waals surface area contributed by atoms with Gasteiger partial charge in [-0.3, -0.25) is 0 Å². The second-order valence-electron chi connectivity index (χ2n) is 7.10. The van der Waals surface area contributed by atoms with Crippen molar-refractivity contribution >= 4 is 0 Å². The first-order valence-electron chi connectivity index (χ1n) is 8.15. The number of hydrogen-bond donors (Lipinski definition) is 1. The number of hydrogen-bond acceptors (Lipinski definition) is 3. The molecular formula is C20H19FN2O. The van der Waals surface area contributed by atoms with Gasteiger partial charge in [0.25, 0.3) is 0 Å². The van der Waals surface area contributed by atoms with E-state index in [1.807, 2.05) is 12.1 Å². The van der Waals surface area contributed by atoms with Gasteiger partial charge in [-0.05, 0) is 41.7 Å². The summed E-state index contributed by atoms with van der Waals surface area (Å²) in [5.41, 5.74) is 5.24. The molecule has 0 saturated heterocycles. The van der Waals surface area contributed by atoms with Crippen molar-refractivity contribution in [2.45, 2.75) is 32.1 Å². The second kappa shape index (κ2) is 4.98. The van der Waals surface area contributed by atoms with Gasteiger partial charge in [0.05, 0.1) is 18.4 Å². The van der Waals surface area contributed by atoms with Crippen LogP contribution < -0.4 is 10.1 Å². The fourth-order valence-electron chi connectivity index (χ4n) is 4.21. The Balaban J connectivity index is 1.82. The molecule has 122 valence electrons. The molecule has 1 aromatic rings. The Hall–Kier alpha value is -2.54. The number of nitrogens with one attached hydrogen (secondary N) is 1. The summed E-state index contributed by atoms with van der Waals surface area (Å²) in [7, 11) is 1.67. The van der Waals surface area contributed by atoms with Crippen molar-refractivity contribution in [3.05, 3.63) is 63.8 Å². The Bertz CT molecular complexity index is 883. The van der Waals surface area contributed by atoms with Gasteiger partial charge in [-0.1, -0.05) is 26.0 Å². The van der Waals surface area contributed by atoms with Crippen molar-refractivity contribution in [1.29, 1.82) is 5.26 Å². The monoisotopic (exact) mass is 322 g/mol. The van der Waals surface area contributed by atoms with Crippen LogP contribution in [-0.2, 0) is 11.8 Å². The molecule has 1 heterocycles. The normalized spacial score (nSPS) is 23.6. The Morgan fingerprint density at radius 1 is 1.38 bits per heavy atom. The summed E-state index contributed by atoms with van der Waals surface area (Å²) in [5, 5.41) is 12.4. The van der Waals surface area contributed by atoms with Gasteiger partial charge in [0.15, 0.2) is 5.83 Å². The molecule has 0 radical (unpaired) electrons. The minimum absolute atomic E-state index is 0.0200. The molecule has 24 heavy (non-hydrogen) atoms. The molecule has 1 aromatic carbocycles. The van der Waals surface area contributed by atoms with Crippen molar-refractivity contribution in [3.63, 3.8) is 0 Å². The fraction of sp³-hybridized carbons (Fsp3) is 0.350. The van der Waals surface area contributed by atoms with Gasteiger partial charge in [-0.15, -0.1) is 0 Å². The third kappa shape index (κ3) is 1.88. The SMILES string of the molecule is COc1ccc2c(c1)C(C)(C)C1=C(C2)C2CC=C(C#N)C(F)=C2N1. The lowest BCUT2D eigenvalue weighted by atomic mass is 9.70. The highest BCUT2D eigenvalue weighted by Gasteiger charge is 2.44. The third-order valence-electron chi connectivity index (χ3n) is 5.50. The molecule has 0 saturated carbocycles. The van der Waals surface area contributed by atoms with Crippen molar-refractivity contribution in [2.24, 2.45) is 5.92 Å². The van der Waals surface area contributed by atoms with E-state index < -0.39 is 5.83 Å². The average molecular weight is 322 g/mol. The number of benzene rings is 1. The number of rotatable bonds is 1. The van der Waals surface area contributed by atoms with Crippen LogP contribution in [0.3, 0.4) is 0 Å². The Kier molecular flexibility index (Phi) is 3.11. The van der Waals surface area contributed by atoms with Crippen molar-refractivity contribution in [3.8, 4) is 11.8 Å². The van der Waals surface area contributed by atoms with E-state index in [0.717, 1.165) is 17.9 Å². The molecule has 4 rings (SSSR count). The summed E-state index contributed by atoms with van der Waals surface area (Å²) in [6.07, 6.45) is 3.21. The minimum atomic E-state index is -0.402. The Morgan fingerprint density at radius 2 is 2.17 bits per heavy atom. The van der Waals surface area contributed by atoms with Crippen LogP contribution >= 0.6 is 0 Å². The predicted molar refractivity (Wildman–Crippen MR) is 89.8 cm³/mol. The van der Waals surface area contributed by atoms with Crippen molar-refractivity contribution < 1.29 is 9.13 Å². The molecule has 0 bridgehead atoms. The van der Waals surface area contributed by atoms with E-state index in [1.165, 1.54) is 16.7 Å². The molecule has 0 amide bonds. The van der Waals surface area contributed by atoms with Gasteiger partial charge >= 0.3 is 0 Å². The number of ether oxygens (including phenoxy) is 1. The summed E-state index contributed by atoms with van der Waals surface area (Å²) >= 11 is 0. The number of halogens is 1. The predicted octanol–water partition coefficient (Wildman–Crippen LogP) is 4.04. The van der Waals surface area contributed by atoms with Crippen LogP contribution in [0.5, 0.6) is 5.75 Å². The van der Waals surface area contributed by atoms with Gasteiger partial charge in [0.1, 0.15) is 11.8 Å². The zero-order valence-corrected chi connectivity index (χ0v) is 14.0. The maximum Gasteiger partial charge on any atom is 0.160 e. The molecule has 3 nitrogen and oxygen atoms in total. The average Bonchev–Trinajstić information content (AvgIpc) is 2.96. The highest BCUT2D eigenvalue weighted by atomic mass is 19.1. The molecule has 4 heteroatoms. The lowest BCUT2D eigenvalue weighted by molar-refractivity contribution is 0.412. The van der Waals surface area contributed by atoms with Crippen molar-refractivity contribution in [1.82, 2.24) is 5.32 Å². The number of nitrogens with zero attached hydrogens (tertiary/aromatic N) is 1. The lowest BCUT2D eigenvalue weighted by Crippen LogP contribution is -2.32. The quantitative estimate of drug-likeness (QED) is 0.849. The fourth-order valence-corrected chi connectivity index (χ4v) is 4.21. The van der Waals surface area contributed by atoms with E-state index in [-0.39, 0.29) is 16.9 Å². The maximum absolute atomic E-state index is 14.6. The highest BCUT2D eigenvalue weighted by molar-refractivity contribution is 5.58. The third-order valence-corrected chi connectivity index (χ3v) is 5.50. The van der Waals surface area contributed by atoms with Crippen LogP contribution in [0.25, 0.3) is 0 Å². The Morgan fingerprint density at radius 3 is 2.88 bits per heavy atom. The van der Waals surface area contributed by atoms with E-state index in [1.54, 1.807) is 13.2 Å². The molecule has 0 fully saturated rings. The summed E-state index contributed by atoms with van der Waals surface area (Å²) in [4.78, 5) is 0. The van der Waals surface area contributed by atoms with Crippen LogP contribution in [0.15, 0.2) is 52.6 Å². The summed E-state index contributed by atoms with van der Waals surface area (Å²) in [6, 6.07) is 8.12. The molecule has 1 unspecified atom stereocenters. The summed E-state index contributed by atoms with van der Waals surface area (Å²) in [6.45, 7) is 4.31. The van der Waals surface area contributed by atoms with E-state index in [4.69, 9.17) is 10.00 Å². The summed E-state index contributed by atoms with van der Waals surface area (Å²) in [5.74, 6) is 0.451. The first kappa shape index (κ1) is 15.0. The van der Waals surface area contributed by atoms with Crippen LogP contribution in [0.2, 0.25) is 0 Å². The standard InChI is InChI=1S/C20H19FN2O/c1-20(2)16-9-13(24-3)6-4-11(16)8-15-14-7-5-12(10-22)17(21)18(14)23-19(15)20/h4-6,9,14,23H,7-8H2,1-3H3. The molecule has 1 N–H and O–H groups in total. The van der Waals surface area contributed by atoms with Crippen LogP contribution in [-0.4, -0.2) is 7.11 Å². The molecule has 2 aliphatic carbocycles.